The summed E-state index contributed by atoms with van der Waals surface area (Å²) >= 11 is 0. The average molecular weight is 432 g/mol. The van der Waals surface area contributed by atoms with Crippen LogP contribution in [0.15, 0.2) is 35.7 Å². The number of rotatable bonds is 4. The zero-order valence-electron chi connectivity index (χ0n) is 17.6. The molecule has 2 aromatic rings. The predicted octanol–water partition coefficient (Wildman–Crippen LogP) is 2.56. The maximum absolute atomic E-state index is 12.9. The molecule has 1 amide bonds. The van der Waals surface area contributed by atoms with E-state index in [2.05, 4.69) is 23.8 Å². The van der Waals surface area contributed by atoms with Crippen molar-refractivity contribution in [1.29, 1.82) is 0 Å². The molecule has 0 bridgehead atoms. The Bertz CT molecular complexity index is 1000. The molecule has 162 valence electrons. The summed E-state index contributed by atoms with van der Waals surface area (Å²) in [5.41, 5.74) is 0.380. The fourth-order valence-corrected chi connectivity index (χ4v) is 5.83. The summed E-state index contributed by atoms with van der Waals surface area (Å²) < 4.78 is 29.0. The molecule has 4 heterocycles. The van der Waals surface area contributed by atoms with Crippen LogP contribution in [-0.4, -0.2) is 64.2 Å². The smallest absolute Gasteiger partial charge is 0.274 e. The highest BCUT2D eigenvalue weighted by Gasteiger charge is 2.29. The lowest BCUT2D eigenvalue weighted by Gasteiger charge is -2.30. The SMILES string of the molecule is C[C@@H]1CCCN(C(=O)c2cn(-c3ccc(S(=O)(=O)N4CCC[C@H](C)C4)cn3)cn2)C1. The van der Waals surface area contributed by atoms with E-state index < -0.39 is 10.0 Å². The first kappa shape index (κ1) is 21.0. The summed E-state index contributed by atoms with van der Waals surface area (Å²) in [6.07, 6.45) is 8.69. The number of hydrogen-bond donors (Lipinski definition) is 0. The molecule has 2 atom stereocenters. The highest BCUT2D eigenvalue weighted by molar-refractivity contribution is 7.89. The molecule has 0 unspecified atom stereocenters. The molecule has 8 nitrogen and oxygen atoms in total. The van der Waals surface area contributed by atoms with Gasteiger partial charge in [0.2, 0.25) is 10.0 Å². The maximum atomic E-state index is 12.9. The van der Waals surface area contributed by atoms with Gasteiger partial charge in [0.05, 0.1) is 0 Å². The normalized spacial score (nSPS) is 23.5. The van der Waals surface area contributed by atoms with Gasteiger partial charge in [-0.15, -0.1) is 0 Å². The van der Waals surface area contributed by atoms with Gasteiger partial charge < -0.3 is 4.90 Å². The molecule has 2 aromatic heterocycles. The van der Waals surface area contributed by atoms with Gasteiger partial charge in [-0.1, -0.05) is 13.8 Å². The van der Waals surface area contributed by atoms with E-state index in [1.54, 1.807) is 33.5 Å². The number of amides is 1. The second-order valence-corrected chi connectivity index (χ2v) is 10.6. The average Bonchev–Trinajstić information content (AvgIpc) is 3.23. The third kappa shape index (κ3) is 4.27. The van der Waals surface area contributed by atoms with Gasteiger partial charge in [0, 0.05) is 38.6 Å². The minimum absolute atomic E-state index is 0.0706. The molecule has 0 aromatic carbocycles. The molecule has 0 radical (unpaired) electrons. The molecular formula is C21H29N5O3S. The van der Waals surface area contributed by atoms with E-state index in [1.807, 2.05) is 4.90 Å². The summed E-state index contributed by atoms with van der Waals surface area (Å²) in [5.74, 6) is 1.33. The second-order valence-electron chi connectivity index (χ2n) is 8.63. The zero-order valence-corrected chi connectivity index (χ0v) is 18.4. The summed E-state index contributed by atoms with van der Waals surface area (Å²) in [5, 5.41) is 0. The highest BCUT2D eigenvalue weighted by Crippen LogP contribution is 2.23. The van der Waals surface area contributed by atoms with Crippen molar-refractivity contribution >= 4 is 15.9 Å². The third-order valence-electron chi connectivity index (χ3n) is 5.99. The summed E-state index contributed by atoms with van der Waals surface area (Å²) in [4.78, 5) is 23.3. The Morgan fingerprint density at radius 2 is 1.77 bits per heavy atom. The molecule has 0 aliphatic carbocycles. The zero-order chi connectivity index (χ0) is 21.3. The van der Waals surface area contributed by atoms with Gasteiger partial charge >= 0.3 is 0 Å². The van der Waals surface area contributed by atoms with E-state index in [9.17, 15) is 13.2 Å². The third-order valence-corrected chi connectivity index (χ3v) is 7.84. The number of imidazole rings is 1. The number of carbonyl (C=O) groups excluding carboxylic acids is 1. The molecule has 2 saturated heterocycles. The van der Waals surface area contributed by atoms with E-state index in [4.69, 9.17) is 0 Å². The van der Waals surface area contributed by atoms with Crippen molar-refractivity contribution < 1.29 is 13.2 Å². The number of nitrogens with zero attached hydrogens (tertiary/aromatic N) is 5. The van der Waals surface area contributed by atoms with E-state index in [1.165, 1.54) is 6.20 Å². The first-order valence-corrected chi connectivity index (χ1v) is 12.1. The first-order valence-electron chi connectivity index (χ1n) is 10.6. The first-order chi connectivity index (χ1) is 14.3. The van der Waals surface area contributed by atoms with Crippen molar-refractivity contribution in [2.45, 2.75) is 44.4 Å². The number of hydrogen-bond acceptors (Lipinski definition) is 5. The van der Waals surface area contributed by atoms with Gasteiger partial charge in [-0.05, 0) is 49.7 Å². The lowest BCUT2D eigenvalue weighted by Crippen LogP contribution is -2.39. The van der Waals surface area contributed by atoms with Crippen LogP contribution in [-0.2, 0) is 10.0 Å². The lowest BCUT2D eigenvalue weighted by molar-refractivity contribution is 0.0677. The molecule has 4 rings (SSSR count). The van der Waals surface area contributed by atoms with E-state index in [0.29, 0.717) is 36.4 Å². The monoisotopic (exact) mass is 431 g/mol. The van der Waals surface area contributed by atoms with Crippen LogP contribution in [0, 0.1) is 11.8 Å². The lowest BCUT2D eigenvalue weighted by atomic mass is 10.0. The number of piperidine rings is 2. The van der Waals surface area contributed by atoms with Crippen molar-refractivity contribution in [1.82, 2.24) is 23.7 Å². The number of sulfonamides is 1. The Morgan fingerprint density at radius 1 is 1.03 bits per heavy atom. The van der Waals surface area contributed by atoms with Crippen LogP contribution in [0.3, 0.4) is 0 Å². The van der Waals surface area contributed by atoms with Crippen molar-refractivity contribution in [3.63, 3.8) is 0 Å². The highest BCUT2D eigenvalue weighted by atomic mass is 32.2. The Hall–Kier alpha value is -2.26. The number of aromatic nitrogens is 3. The van der Waals surface area contributed by atoms with Crippen molar-refractivity contribution in [3.8, 4) is 5.82 Å². The van der Waals surface area contributed by atoms with Crippen molar-refractivity contribution in [3.05, 3.63) is 36.5 Å². The Morgan fingerprint density at radius 3 is 2.43 bits per heavy atom. The van der Waals surface area contributed by atoms with Crippen molar-refractivity contribution in [2.24, 2.45) is 11.8 Å². The van der Waals surface area contributed by atoms with Crippen LogP contribution >= 0.6 is 0 Å². The van der Waals surface area contributed by atoms with Crippen LogP contribution < -0.4 is 0 Å². The quantitative estimate of drug-likeness (QED) is 0.742. The number of likely N-dealkylation sites (tertiary alicyclic amines) is 1. The predicted molar refractivity (Wildman–Crippen MR) is 113 cm³/mol. The molecule has 2 fully saturated rings. The molecule has 30 heavy (non-hydrogen) atoms. The fraction of sp³-hybridized carbons (Fsp3) is 0.571. The maximum Gasteiger partial charge on any atom is 0.274 e. The van der Waals surface area contributed by atoms with Gasteiger partial charge in [-0.3, -0.25) is 9.36 Å². The molecule has 0 saturated carbocycles. The fourth-order valence-electron chi connectivity index (χ4n) is 4.29. The number of pyridine rings is 1. The molecule has 9 heteroatoms. The summed E-state index contributed by atoms with van der Waals surface area (Å²) in [7, 11) is -3.54. The minimum Gasteiger partial charge on any atom is -0.337 e. The summed E-state index contributed by atoms with van der Waals surface area (Å²) in [6.45, 7) is 6.85. The van der Waals surface area contributed by atoms with E-state index in [0.717, 1.165) is 38.8 Å². The van der Waals surface area contributed by atoms with Gasteiger partial charge in [0.15, 0.2) is 0 Å². The Balaban J connectivity index is 1.49. The van der Waals surface area contributed by atoms with Gasteiger partial charge in [0.1, 0.15) is 22.7 Å². The van der Waals surface area contributed by atoms with Crippen LogP contribution in [0.2, 0.25) is 0 Å². The van der Waals surface area contributed by atoms with Gasteiger partial charge in [-0.2, -0.15) is 4.31 Å². The molecule has 2 aliphatic rings. The van der Waals surface area contributed by atoms with Crippen LogP contribution in [0.1, 0.15) is 50.0 Å². The van der Waals surface area contributed by atoms with Gasteiger partial charge in [-0.25, -0.2) is 18.4 Å². The van der Waals surface area contributed by atoms with E-state index in [-0.39, 0.29) is 10.8 Å². The molecule has 0 spiro atoms. The number of carbonyl (C=O) groups is 1. The molecule has 2 aliphatic heterocycles. The van der Waals surface area contributed by atoms with Crippen molar-refractivity contribution in [2.75, 3.05) is 26.2 Å². The summed E-state index contributed by atoms with van der Waals surface area (Å²) in [6, 6.07) is 3.23. The Kier molecular flexibility index (Phi) is 5.92. The second kappa shape index (κ2) is 8.47. The Labute approximate surface area is 178 Å². The topological polar surface area (TPSA) is 88.4 Å². The molecular weight excluding hydrogens is 402 g/mol. The minimum atomic E-state index is -3.54. The largest absolute Gasteiger partial charge is 0.337 e. The van der Waals surface area contributed by atoms with Crippen LogP contribution in [0.5, 0.6) is 0 Å². The van der Waals surface area contributed by atoms with Gasteiger partial charge in [0.25, 0.3) is 5.91 Å². The van der Waals surface area contributed by atoms with Crippen LogP contribution in [0.4, 0.5) is 0 Å². The van der Waals surface area contributed by atoms with Crippen LogP contribution in [0.25, 0.3) is 5.82 Å². The van der Waals surface area contributed by atoms with E-state index >= 15 is 0 Å². The molecule has 0 N–H and O–H groups in total. The standard InChI is InChI=1S/C21H29N5O3S/c1-16-5-3-9-24(12-16)21(27)19-14-25(15-23-19)20-8-7-18(11-22-20)30(28,29)26-10-4-6-17(2)13-26/h7-8,11,14-17H,3-6,9-10,12-13H2,1-2H3/t16-,17+/m1/s1.